The fraction of sp³-hybridized carbons (Fsp3) is 0.143. The Kier molecular flexibility index (Phi) is 4.54. The van der Waals surface area contributed by atoms with E-state index in [9.17, 15) is 8.42 Å². The predicted molar refractivity (Wildman–Crippen MR) is 77.5 cm³/mol. The molecule has 0 unspecified atom stereocenters. The number of hydrogen-bond acceptors (Lipinski definition) is 6. The zero-order chi connectivity index (χ0) is 15.3. The van der Waals surface area contributed by atoms with Gasteiger partial charge in [-0.2, -0.15) is 0 Å². The molecule has 7 heteroatoms. The topological polar surface area (TPSA) is 88.9 Å². The Morgan fingerprint density at radius 1 is 1.24 bits per heavy atom. The van der Waals surface area contributed by atoms with Crippen LogP contribution >= 0.6 is 0 Å². The molecule has 0 aliphatic heterocycles. The second kappa shape index (κ2) is 6.36. The van der Waals surface area contributed by atoms with Gasteiger partial charge < -0.3 is 9.94 Å². The lowest BCUT2D eigenvalue weighted by Crippen LogP contribution is -1.99. The van der Waals surface area contributed by atoms with Crippen molar-refractivity contribution in [2.45, 2.75) is 11.5 Å². The molecule has 1 aromatic heterocycles. The number of rotatable bonds is 5. The van der Waals surface area contributed by atoms with E-state index in [0.717, 1.165) is 5.56 Å². The van der Waals surface area contributed by atoms with Gasteiger partial charge in [0.15, 0.2) is 9.84 Å². The summed E-state index contributed by atoms with van der Waals surface area (Å²) in [6.45, 7) is 0.305. The molecule has 1 heterocycles. The molecule has 6 nitrogen and oxygen atoms in total. The first-order valence-corrected chi connectivity index (χ1v) is 7.93. The minimum absolute atomic E-state index is 0.278. The van der Waals surface area contributed by atoms with E-state index in [4.69, 9.17) is 9.94 Å². The zero-order valence-electron chi connectivity index (χ0n) is 11.3. The summed E-state index contributed by atoms with van der Waals surface area (Å²) in [6, 6.07) is 9.87. The van der Waals surface area contributed by atoms with Gasteiger partial charge in [-0.3, -0.25) is 4.98 Å². The highest BCUT2D eigenvalue weighted by molar-refractivity contribution is 7.90. The fourth-order valence-electron chi connectivity index (χ4n) is 1.61. The summed E-state index contributed by atoms with van der Waals surface area (Å²) in [5.41, 5.74) is 1.37. The van der Waals surface area contributed by atoms with Gasteiger partial charge in [0.2, 0.25) is 0 Å². The molecule has 0 spiro atoms. The number of ether oxygens (including phenoxy) is 1. The fourth-order valence-corrected chi connectivity index (χ4v) is 2.24. The third-order valence-corrected chi connectivity index (χ3v) is 3.83. The highest BCUT2D eigenvalue weighted by Crippen LogP contribution is 2.14. The third kappa shape index (κ3) is 4.28. The number of pyridine rings is 1. The molecule has 110 valence electrons. The molecule has 2 aromatic rings. The average molecular weight is 306 g/mol. The van der Waals surface area contributed by atoms with Gasteiger partial charge in [-0.1, -0.05) is 17.3 Å². The summed E-state index contributed by atoms with van der Waals surface area (Å²) in [6.07, 6.45) is 3.90. The lowest BCUT2D eigenvalue weighted by Gasteiger charge is -2.06. The average Bonchev–Trinajstić information content (AvgIpc) is 2.46. The number of hydrogen-bond donors (Lipinski definition) is 1. The molecule has 1 N–H and O–H groups in total. The molecule has 0 radical (unpaired) electrons. The molecule has 1 aromatic carbocycles. The summed E-state index contributed by atoms with van der Waals surface area (Å²) in [4.78, 5) is 4.29. The summed E-state index contributed by atoms with van der Waals surface area (Å²) < 4.78 is 28.2. The Bertz CT molecular complexity index is 723. The van der Waals surface area contributed by atoms with Gasteiger partial charge in [-0.05, 0) is 29.8 Å². The number of sulfone groups is 1. The van der Waals surface area contributed by atoms with E-state index in [1.54, 1.807) is 36.4 Å². The van der Waals surface area contributed by atoms with Crippen molar-refractivity contribution < 1.29 is 18.4 Å². The van der Waals surface area contributed by atoms with Gasteiger partial charge in [0.05, 0.1) is 23.0 Å². The lowest BCUT2D eigenvalue weighted by atomic mass is 10.2. The van der Waals surface area contributed by atoms with Crippen LogP contribution in [0.2, 0.25) is 0 Å². The number of aromatic nitrogens is 1. The summed E-state index contributed by atoms with van der Waals surface area (Å²) in [5.74, 6) is 0.567. The van der Waals surface area contributed by atoms with E-state index in [1.165, 1.54) is 18.7 Å². The van der Waals surface area contributed by atoms with Crippen LogP contribution in [-0.2, 0) is 16.4 Å². The Morgan fingerprint density at radius 3 is 2.48 bits per heavy atom. The molecule has 0 amide bonds. The number of oxime groups is 1. The predicted octanol–water partition coefficient (Wildman–Crippen LogP) is 1.87. The van der Waals surface area contributed by atoms with E-state index in [0.29, 0.717) is 18.1 Å². The Hall–Kier alpha value is -2.41. The summed E-state index contributed by atoms with van der Waals surface area (Å²) in [5, 5.41) is 11.3. The molecule has 0 saturated carbocycles. The monoisotopic (exact) mass is 306 g/mol. The smallest absolute Gasteiger partial charge is 0.175 e. The van der Waals surface area contributed by atoms with Crippen molar-refractivity contribution in [1.82, 2.24) is 4.98 Å². The standard InChI is InChI=1S/C14H14N2O4S/c1-21(18,19)14-6-2-11(3-7-14)10-20-13-5-4-12(8-16-17)15-9-13/h2-9,17H,10H2,1H3/b16-8+. The van der Waals surface area contributed by atoms with Crippen LogP contribution in [0.1, 0.15) is 11.3 Å². The molecule has 0 bridgehead atoms. The molecule has 21 heavy (non-hydrogen) atoms. The van der Waals surface area contributed by atoms with Crippen LogP contribution < -0.4 is 4.74 Å². The van der Waals surface area contributed by atoms with Crippen molar-refractivity contribution in [3.05, 3.63) is 53.9 Å². The first-order valence-electron chi connectivity index (χ1n) is 6.04. The van der Waals surface area contributed by atoms with Crippen LogP contribution in [0.4, 0.5) is 0 Å². The first-order chi connectivity index (χ1) is 9.99. The van der Waals surface area contributed by atoms with Crippen molar-refractivity contribution in [1.29, 1.82) is 0 Å². The van der Waals surface area contributed by atoms with Crippen LogP contribution in [0.15, 0.2) is 52.6 Å². The molecule has 2 rings (SSSR count). The van der Waals surface area contributed by atoms with Crippen LogP contribution in [0, 0.1) is 0 Å². The number of benzene rings is 1. The number of nitrogens with zero attached hydrogens (tertiary/aromatic N) is 2. The van der Waals surface area contributed by atoms with Crippen LogP contribution in [-0.4, -0.2) is 31.1 Å². The highest BCUT2D eigenvalue weighted by atomic mass is 32.2. The van der Waals surface area contributed by atoms with Gasteiger partial charge in [0, 0.05) is 6.26 Å². The Morgan fingerprint density at radius 2 is 1.95 bits per heavy atom. The van der Waals surface area contributed by atoms with Gasteiger partial charge in [-0.15, -0.1) is 0 Å². The maximum atomic E-state index is 11.3. The molecular formula is C14H14N2O4S. The van der Waals surface area contributed by atoms with E-state index >= 15 is 0 Å². The Labute approximate surface area is 122 Å². The second-order valence-electron chi connectivity index (χ2n) is 4.37. The van der Waals surface area contributed by atoms with Crippen LogP contribution in [0.25, 0.3) is 0 Å². The molecule has 0 saturated heterocycles. The van der Waals surface area contributed by atoms with E-state index in [1.807, 2.05) is 0 Å². The van der Waals surface area contributed by atoms with Crippen molar-refractivity contribution in [2.24, 2.45) is 5.16 Å². The van der Waals surface area contributed by atoms with Crippen molar-refractivity contribution >= 4 is 16.1 Å². The van der Waals surface area contributed by atoms with Crippen LogP contribution in [0.5, 0.6) is 5.75 Å². The lowest BCUT2D eigenvalue weighted by molar-refractivity contribution is 0.305. The molecular weight excluding hydrogens is 292 g/mol. The van der Waals surface area contributed by atoms with Gasteiger partial charge >= 0.3 is 0 Å². The normalized spacial score (nSPS) is 11.7. The first kappa shape index (κ1) is 15.0. The van der Waals surface area contributed by atoms with Gasteiger partial charge in [0.1, 0.15) is 12.4 Å². The van der Waals surface area contributed by atoms with Gasteiger partial charge in [-0.25, -0.2) is 8.42 Å². The van der Waals surface area contributed by atoms with Crippen LogP contribution in [0.3, 0.4) is 0 Å². The summed E-state index contributed by atoms with van der Waals surface area (Å²) in [7, 11) is -3.18. The van der Waals surface area contributed by atoms with Crippen molar-refractivity contribution in [3.8, 4) is 5.75 Å². The molecule has 0 aliphatic carbocycles. The minimum atomic E-state index is -3.18. The molecule has 0 fully saturated rings. The maximum Gasteiger partial charge on any atom is 0.175 e. The highest BCUT2D eigenvalue weighted by Gasteiger charge is 2.06. The third-order valence-electron chi connectivity index (χ3n) is 2.71. The second-order valence-corrected chi connectivity index (χ2v) is 6.38. The molecule has 0 aliphatic rings. The maximum absolute atomic E-state index is 11.3. The van der Waals surface area contributed by atoms with E-state index in [-0.39, 0.29) is 4.90 Å². The SMILES string of the molecule is CS(=O)(=O)c1ccc(COc2ccc(/C=N/O)nc2)cc1. The van der Waals surface area contributed by atoms with E-state index in [2.05, 4.69) is 10.1 Å². The van der Waals surface area contributed by atoms with E-state index < -0.39 is 9.84 Å². The quantitative estimate of drug-likeness (QED) is 0.517. The van der Waals surface area contributed by atoms with Crippen molar-refractivity contribution in [2.75, 3.05) is 6.26 Å². The zero-order valence-corrected chi connectivity index (χ0v) is 12.1. The molecule has 0 atom stereocenters. The minimum Gasteiger partial charge on any atom is -0.487 e. The van der Waals surface area contributed by atoms with Crippen molar-refractivity contribution in [3.63, 3.8) is 0 Å². The Balaban J connectivity index is 1.99. The van der Waals surface area contributed by atoms with Gasteiger partial charge in [0.25, 0.3) is 0 Å². The summed E-state index contributed by atoms with van der Waals surface area (Å²) >= 11 is 0. The largest absolute Gasteiger partial charge is 0.487 e.